The average Bonchev–Trinajstić information content (AvgIpc) is 3.16. The molecule has 6 heteroatoms. The minimum atomic E-state index is -0.599. The zero-order valence-corrected chi connectivity index (χ0v) is 18.8. The van der Waals surface area contributed by atoms with E-state index in [1.165, 1.54) is 0 Å². The molecule has 1 N–H and O–H groups in total. The van der Waals surface area contributed by atoms with Crippen molar-refractivity contribution in [1.82, 2.24) is 15.5 Å². The molecule has 0 aliphatic carbocycles. The lowest BCUT2D eigenvalue weighted by Gasteiger charge is -2.25. The monoisotopic (exact) mass is 429 g/mol. The molecule has 1 amide bonds. The summed E-state index contributed by atoms with van der Waals surface area (Å²) < 4.78 is 11.1. The second-order valence-corrected chi connectivity index (χ2v) is 8.79. The van der Waals surface area contributed by atoms with E-state index in [4.69, 9.17) is 9.26 Å². The van der Waals surface area contributed by atoms with Gasteiger partial charge in [0.1, 0.15) is 11.3 Å². The van der Waals surface area contributed by atoms with Crippen molar-refractivity contribution in [3.8, 4) is 11.3 Å². The largest absolute Gasteiger partial charge is 0.444 e. The highest BCUT2D eigenvalue weighted by atomic mass is 16.6. The maximum atomic E-state index is 12.7. The van der Waals surface area contributed by atoms with E-state index in [1.54, 1.807) is 0 Å². The van der Waals surface area contributed by atoms with Crippen LogP contribution in [0.3, 0.4) is 0 Å². The number of rotatable bonds is 5. The fraction of sp³-hybridized carbons (Fsp3) is 0.269. The first-order valence-corrected chi connectivity index (χ1v) is 10.7. The molecule has 0 aliphatic rings. The number of para-hydroxylation sites is 1. The summed E-state index contributed by atoms with van der Waals surface area (Å²) in [6, 6.07) is 21.2. The molecule has 0 saturated carbocycles. The predicted octanol–water partition coefficient (Wildman–Crippen LogP) is 6.01. The van der Waals surface area contributed by atoms with Crippen LogP contribution in [-0.4, -0.2) is 21.8 Å². The zero-order valence-electron chi connectivity index (χ0n) is 18.8. The summed E-state index contributed by atoms with van der Waals surface area (Å²) in [5, 5.41) is 8.30. The second-order valence-electron chi connectivity index (χ2n) is 8.79. The molecule has 0 bridgehead atoms. The number of hydrogen-bond acceptors (Lipinski definition) is 5. The Morgan fingerprint density at radius 2 is 1.78 bits per heavy atom. The van der Waals surface area contributed by atoms with Gasteiger partial charge in [-0.25, -0.2) is 4.79 Å². The number of amides is 1. The van der Waals surface area contributed by atoms with E-state index in [1.807, 2.05) is 94.4 Å². The van der Waals surface area contributed by atoms with Crippen LogP contribution in [0.2, 0.25) is 0 Å². The molecular weight excluding hydrogens is 402 g/mol. The number of fused-ring (bicyclic) bond motifs is 1. The normalized spacial score (nSPS) is 12.5. The van der Waals surface area contributed by atoms with Crippen molar-refractivity contribution in [1.29, 1.82) is 0 Å². The molecule has 0 unspecified atom stereocenters. The predicted molar refractivity (Wildman–Crippen MR) is 124 cm³/mol. The van der Waals surface area contributed by atoms with Crippen molar-refractivity contribution in [3.63, 3.8) is 0 Å². The van der Waals surface area contributed by atoms with Crippen LogP contribution in [0.5, 0.6) is 0 Å². The van der Waals surface area contributed by atoms with Gasteiger partial charge in [0.15, 0.2) is 5.58 Å². The van der Waals surface area contributed by atoms with Gasteiger partial charge < -0.3 is 14.6 Å². The number of carbonyl (C=O) groups is 1. The Balaban J connectivity index is 1.76. The van der Waals surface area contributed by atoms with Crippen LogP contribution in [0.1, 0.15) is 43.8 Å². The fourth-order valence-corrected chi connectivity index (χ4v) is 3.71. The summed E-state index contributed by atoms with van der Waals surface area (Å²) in [7, 11) is 0. The first-order chi connectivity index (χ1) is 15.3. The molecule has 2 heterocycles. The number of alkyl carbamates (subject to hydrolysis) is 1. The number of pyridine rings is 1. The van der Waals surface area contributed by atoms with E-state index >= 15 is 0 Å². The van der Waals surface area contributed by atoms with Crippen molar-refractivity contribution in [2.24, 2.45) is 0 Å². The molecule has 0 spiro atoms. The Morgan fingerprint density at radius 3 is 2.56 bits per heavy atom. The van der Waals surface area contributed by atoms with Crippen LogP contribution >= 0.6 is 0 Å². The number of ether oxygens (including phenoxy) is 1. The van der Waals surface area contributed by atoms with Gasteiger partial charge in [0.25, 0.3) is 0 Å². The van der Waals surface area contributed by atoms with Gasteiger partial charge in [0, 0.05) is 28.8 Å². The smallest absolute Gasteiger partial charge is 0.408 e. The van der Waals surface area contributed by atoms with Crippen LogP contribution in [0.4, 0.5) is 4.79 Å². The quantitative estimate of drug-likeness (QED) is 0.421. The summed E-state index contributed by atoms with van der Waals surface area (Å²) in [5.74, 6) is 0. The number of aryl methyl sites for hydroxylation is 1. The van der Waals surface area contributed by atoms with Crippen LogP contribution in [0.25, 0.3) is 22.2 Å². The first-order valence-electron chi connectivity index (χ1n) is 10.7. The minimum absolute atomic E-state index is 0.370. The van der Waals surface area contributed by atoms with Crippen molar-refractivity contribution in [2.45, 2.75) is 45.8 Å². The maximum absolute atomic E-state index is 12.7. The summed E-state index contributed by atoms with van der Waals surface area (Å²) in [4.78, 5) is 17.4. The van der Waals surface area contributed by atoms with E-state index in [-0.39, 0.29) is 6.04 Å². The molecule has 2 aromatic heterocycles. The maximum Gasteiger partial charge on any atom is 0.408 e. The Kier molecular flexibility index (Phi) is 5.95. The number of aromatic nitrogens is 2. The molecule has 0 saturated heterocycles. The number of hydrogen-bond donors (Lipinski definition) is 1. The fourth-order valence-electron chi connectivity index (χ4n) is 3.71. The van der Waals surface area contributed by atoms with Gasteiger partial charge in [-0.15, -0.1) is 0 Å². The Labute approximate surface area is 187 Å². The third-order valence-electron chi connectivity index (χ3n) is 5.02. The van der Waals surface area contributed by atoms with Crippen LogP contribution in [-0.2, 0) is 11.2 Å². The van der Waals surface area contributed by atoms with E-state index in [9.17, 15) is 4.79 Å². The third-order valence-corrected chi connectivity index (χ3v) is 5.02. The molecule has 0 aliphatic heterocycles. The molecule has 164 valence electrons. The van der Waals surface area contributed by atoms with Gasteiger partial charge in [0.05, 0.1) is 6.04 Å². The molecule has 0 radical (unpaired) electrons. The molecule has 4 rings (SSSR count). The lowest BCUT2D eigenvalue weighted by atomic mass is 9.93. The van der Waals surface area contributed by atoms with E-state index < -0.39 is 11.7 Å². The Hall–Kier alpha value is -3.67. The van der Waals surface area contributed by atoms with Gasteiger partial charge in [0.2, 0.25) is 0 Å². The van der Waals surface area contributed by atoms with Crippen molar-refractivity contribution < 1.29 is 14.1 Å². The summed E-state index contributed by atoms with van der Waals surface area (Å²) in [5.41, 5.74) is 4.48. The van der Waals surface area contributed by atoms with Gasteiger partial charge in [-0.05, 0) is 57.5 Å². The third kappa shape index (κ3) is 4.97. The Bertz CT molecular complexity index is 1240. The number of carbonyl (C=O) groups excluding carboxylic acids is 1. The highest BCUT2D eigenvalue weighted by Gasteiger charge is 2.25. The highest BCUT2D eigenvalue weighted by Crippen LogP contribution is 2.34. The van der Waals surface area contributed by atoms with E-state index in [0.717, 1.165) is 33.6 Å². The molecule has 4 aromatic rings. The van der Waals surface area contributed by atoms with Crippen LogP contribution in [0.15, 0.2) is 71.3 Å². The molecule has 1 atom stereocenters. The lowest BCUT2D eigenvalue weighted by molar-refractivity contribution is 0.0503. The van der Waals surface area contributed by atoms with E-state index in [0.29, 0.717) is 12.0 Å². The summed E-state index contributed by atoms with van der Waals surface area (Å²) in [6.07, 6.45) is 0.0308. The first kappa shape index (κ1) is 21.6. The van der Waals surface area contributed by atoms with Crippen molar-refractivity contribution in [2.75, 3.05) is 0 Å². The molecule has 2 aromatic carbocycles. The van der Waals surface area contributed by atoms with Crippen LogP contribution < -0.4 is 5.32 Å². The highest BCUT2D eigenvalue weighted by molar-refractivity contribution is 5.92. The standard InChI is InChI=1S/C26H27N3O3/c1-17-10-9-11-18(27-17)16-22(28-25(30)31-26(2,3)4)19-12-5-6-13-20(19)24-21-14-7-8-15-23(21)32-29-24/h5-15,22H,16H2,1-4H3,(H,28,30)/t22-/m0/s1. The zero-order chi connectivity index (χ0) is 22.7. The van der Waals surface area contributed by atoms with Crippen molar-refractivity contribution in [3.05, 3.63) is 83.7 Å². The van der Waals surface area contributed by atoms with Gasteiger partial charge in [-0.2, -0.15) is 0 Å². The lowest BCUT2D eigenvalue weighted by Crippen LogP contribution is -2.36. The molecular formula is C26H27N3O3. The minimum Gasteiger partial charge on any atom is -0.444 e. The van der Waals surface area contributed by atoms with Gasteiger partial charge in [-0.3, -0.25) is 4.98 Å². The number of nitrogens with zero attached hydrogens (tertiary/aromatic N) is 2. The Morgan fingerprint density at radius 1 is 1.03 bits per heavy atom. The number of nitrogens with one attached hydrogen (secondary N) is 1. The topological polar surface area (TPSA) is 77.2 Å². The number of benzene rings is 2. The molecule has 6 nitrogen and oxygen atoms in total. The SMILES string of the molecule is Cc1cccc(C[C@H](NC(=O)OC(C)(C)C)c2ccccc2-c2noc3ccccc23)n1. The van der Waals surface area contributed by atoms with E-state index in [2.05, 4.69) is 15.5 Å². The average molecular weight is 430 g/mol. The summed E-state index contributed by atoms with van der Waals surface area (Å²) in [6.45, 7) is 7.49. The molecule has 0 fully saturated rings. The molecule has 32 heavy (non-hydrogen) atoms. The van der Waals surface area contributed by atoms with Crippen LogP contribution in [0, 0.1) is 6.92 Å². The van der Waals surface area contributed by atoms with Gasteiger partial charge >= 0.3 is 6.09 Å². The van der Waals surface area contributed by atoms with Gasteiger partial charge in [-0.1, -0.05) is 47.6 Å². The second kappa shape index (κ2) is 8.83. The summed E-state index contributed by atoms with van der Waals surface area (Å²) >= 11 is 0. The van der Waals surface area contributed by atoms with Crippen molar-refractivity contribution >= 4 is 17.1 Å².